The van der Waals surface area contributed by atoms with Crippen LogP contribution in [0, 0.1) is 35.0 Å². The van der Waals surface area contributed by atoms with Crippen LogP contribution in [0.5, 0.6) is 0 Å². The van der Waals surface area contributed by atoms with Gasteiger partial charge in [-0.15, -0.1) is 0 Å². The lowest BCUT2D eigenvalue weighted by Crippen LogP contribution is -2.45. The minimum Gasteiger partial charge on any atom is -0.451 e. The Kier molecular flexibility index (Phi) is 5.53. The number of Topliss-reactive ketones (excluding diaryl/α,β-unsaturated/α-hetero) is 1. The van der Waals surface area contributed by atoms with Crippen LogP contribution in [0.3, 0.4) is 0 Å². The lowest BCUT2D eigenvalue weighted by molar-refractivity contribution is -0.164. The second-order valence-corrected chi connectivity index (χ2v) is 10.6. The van der Waals surface area contributed by atoms with Crippen molar-refractivity contribution in [3.8, 4) is 0 Å². The zero-order chi connectivity index (χ0) is 21.8. The zero-order valence-electron chi connectivity index (χ0n) is 18.5. The molecule has 0 spiro atoms. The number of carbonyl (C=O) groups excluding carboxylic acids is 3. The minimum atomic E-state index is -0.992. The Bertz CT molecular complexity index is 842. The van der Waals surface area contributed by atoms with Crippen LogP contribution in [0.25, 0.3) is 0 Å². The van der Waals surface area contributed by atoms with Gasteiger partial charge in [0.2, 0.25) is 0 Å². The lowest BCUT2D eigenvalue weighted by atomic mass is 9.55. The van der Waals surface area contributed by atoms with Gasteiger partial charge in [0.15, 0.2) is 17.2 Å². The first kappa shape index (κ1) is 21.8. The number of rotatable bonds is 6. The maximum Gasteiger partial charge on any atom is 0.303 e. The number of fused-ring (bicyclic) bond motifs is 3. The predicted octanol–water partition coefficient (Wildman–Crippen LogP) is 5.39. The number of ketones is 2. The molecule has 0 aromatic rings. The molecule has 2 saturated carbocycles. The number of unbranched alkanes of at least 4 members (excludes halogenated alkanes) is 1. The van der Waals surface area contributed by atoms with Gasteiger partial charge in [-0.05, 0) is 74.3 Å². The number of hydrogen-bond acceptors (Lipinski definition) is 4. The Morgan fingerprint density at radius 3 is 2.67 bits per heavy atom. The van der Waals surface area contributed by atoms with Gasteiger partial charge >= 0.3 is 5.97 Å². The summed E-state index contributed by atoms with van der Waals surface area (Å²) in [6.45, 7) is 7.44. The van der Waals surface area contributed by atoms with Crippen LogP contribution in [0.4, 0.5) is 0 Å². The van der Waals surface area contributed by atoms with Gasteiger partial charge in [0.05, 0.1) is 0 Å². The number of hydrogen-bond donors (Lipinski definition) is 0. The molecule has 0 aromatic carbocycles. The summed E-state index contributed by atoms with van der Waals surface area (Å²) in [7, 11) is 0. The van der Waals surface area contributed by atoms with E-state index in [4.69, 9.17) is 16.3 Å². The van der Waals surface area contributed by atoms with Crippen molar-refractivity contribution in [2.75, 3.05) is 0 Å². The molecule has 0 amide bonds. The number of ether oxygens (including phenoxy) is 1. The number of esters is 1. The third-order valence-corrected chi connectivity index (χ3v) is 8.86. The van der Waals surface area contributed by atoms with E-state index in [-0.39, 0.29) is 34.7 Å². The van der Waals surface area contributed by atoms with Gasteiger partial charge in [0.25, 0.3) is 0 Å². The normalized spacial score (nSPS) is 42.0. The van der Waals surface area contributed by atoms with Crippen LogP contribution >= 0.6 is 11.6 Å². The topological polar surface area (TPSA) is 60.4 Å². The molecule has 5 heteroatoms. The van der Waals surface area contributed by atoms with E-state index in [1.807, 2.05) is 6.08 Å². The summed E-state index contributed by atoms with van der Waals surface area (Å²) in [5, 5.41) is 0.710. The Morgan fingerprint density at radius 1 is 1.30 bits per heavy atom. The van der Waals surface area contributed by atoms with Crippen molar-refractivity contribution in [2.45, 2.75) is 78.2 Å². The summed E-state index contributed by atoms with van der Waals surface area (Å²) in [5.74, 6) is 1.19. The van der Waals surface area contributed by atoms with Crippen molar-refractivity contribution < 1.29 is 19.1 Å². The highest BCUT2D eigenvalue weighted by molar-refractivity contribution is 6.32. The van der Waals surface area contributed by atoms with E-state index in [1.165, 1.54) is 13.8 Å². The van der Waals surface area contributed by atoms with E-state index in [1.54, 1.807) is 0 Å². The predicted molar refractivity (Wildman–Crippen MR) is 116 cm³/mol. The third-order valence-electron chi connectivity index (χ3n) is 8.53. The van der Waals surface area contributed by atoms with Gasteiger partial charge < -0.3 is 4.74 Å². The summed E-state index contributed by atoms with van der Waals surface area (Å²) in [6, 6.07) is 0. The van der Waals surface area contributed by atoms with Crippen molar-refractivity contribution in [1.29, 1.82) is 0 Å². The maximum absolute atomic E-state index is 12.5. The summed E-state index contributed by atoms with van der Waals surface area (Å²) in [4.78, 5) is 36.6. The molecule has 4 aliphatic rings. The number of halogens is 1. The molecule has 164 valence electrons. The third kappa shape index (κ3) is 3.30. The highest BCUT2D eigenvalue weighted by atomic mass is 35.5. The number of allylic oxidation sites excluding steroid dienone is 4. The van der Waals surface area contributed by atoms with Crippen molar-refractivity contribution in [3.05, 3.63) is 22.8 Å². The molecule has 0 heterocycles. The first-order chi connectivity index (χ1) is 14.1. The van der Waals surface area contributed by atoms with Crippen LogP contribution in [0.1, 0.15) is 72.6 Å². The van der Waals surface area contributed by atoms with Crippen LogP contribution in [0.15, 0.2) is 22.8 Å². The fourth-order valence-electron chi connectivity index (χ4n) is 6.87. The van der Waals surface area contributed by atoms with Crippen molar-refractivity contribution in [2.24, 2.45) is 35.0 Å². The molecule has 4 rings (SSSR count). The molecule has 30 heavy (non-hydrogen) atoms. The SMILES string of the molecule is CCCC[C@H]1[C@H]([C@@H]2CC[C@](OC(C)=O)(C(C)=O)C2)C=C(Cl)C2=CC(=O)[C@@H]3C[C@@H]3[C@@]21C. The van der Waals surface area contributed by atoms with Gasteiger partial charge in [-0.3, -0.25) is 14.4 Å². The Balaban J connectivity index is 1.70. The van der Waals surface area contributed by atoms with Gasteiger partial charge in [-0.2, -0.15) is 0 Å². The van der Waals surface area contributed by atoms with E-state index < -0.39 is 11.6 Å². The second kappa shape index (κ2) is 7.62. The largest absolute Gasteiger partial charge is 0.451 e. The van der Waals surface area contributed by atoms with E-state index in [0.717, 1.165) is 37.7 Å². The van der Waals surface area contributed by atoms with Crippen LogP contribution < -0.4 is 0 Å². The molecule has 4 aliphatic carbocycles. The molecule has 0 saturated heterocycles. The average molecular weight is 433 g/mol. The van der Waals surface area contributed by atoms with Crippen molar-refractivity contribution in [1.82, 2.24) is 0 Å². The Labute approximate surface area is 184 Å². The van der Waals surface area contributed by atoms with Gasteiger partial charge in [-0.1, -0.05) is 44.4 Å². The lowest BCUT2D eigenvalue weighted by Gasteiger charge is -2.50. The van der Waals surface area contributed by atoms with Crippen molar-refractivity contribution >= 4 is 29.1 Å². The van der Waals surface area contributed by atoms with E-state index in [9.17, 15) is 14.4 Å². The molecule has 2 fully saturated rings. The highest BCUT2D eigenvalue weighted by Gasteiger charge is 2.63. The molecule has 0 N–H and O–H groups in total. The molecule has 0 aromatic heterocycles. The van der Waals surface area contributed by atoms with E-state index in [0.29, 0.717) is 29.7 Å². The summed E-state index contributed by atoms with van der Waals surface area (Å²) < 4.78 is 5.60. The molecule has 4 nitrogen and oxygen atoms in total. The van der Waals surface area contributed by atoms with Crippen molar-refractivity contribution in [3.63, 3.8) is 0 Å². The number of carbonyl (C=O) groups is 3. The molecule has 0 unspecified atom stereocenters. The molecular formula is C25H33ClO4. The zero-order valence-corrected chi connectivity index (χ0v) is 19.3. The molecular weight excluding hydrogens is 400 g/mol. The van der Waals surface area contributed by atoms with Gasteiger partial charge in [0, 0.05) is 23.3 Å². The molecule has 0 aliphatic heterocycles. The summed E-state index contributed by atoms with van der Waals surface area (Å²) >= 11 is 6.81. The smallest absolute Gasteiger partial charge is 0.303 e. The first-order valence-electron chi connectivity index (χ1n) is 11.5. The highest BCUT2D eigenvalue weighted by Crippen LogP contribution is 2.67. The van der Waals surface area contributed by atoms with E-state index >= 15 is 0 Å². The quantitative estimate of drug-likeness (QED) is 0.528. The Hall–Kier alpha value is -1.42. The monoisotopic (exact) mass is 432 g/mol. The van der Waals surface area contributed by atoms with Crippen LogP contribution in [-0.4, -0.2) is 23.1 Å². The van der Waals surface area contributed by atoms with Crippen LogP contribution in [-0.2, 0) is 19.1 Å². The maximum atomic E-state index is 12.5. The fraction of sp³-hybridized carbons (Fsp3) is 0.720. The van der Waals surface area contributed by atoms with E-state index in [2.05, 4.69) is 19.9 Å². The molecule has 7 atom stereocenters. The molecule has 0 radical (unpaired) electrons. The van der Waals surface area contributed by atoms with Crippen LogP contribution in [0.2, 0.25) is 0 Å². The van der Waals surface area contributed by atoms with Gasteiger partial charge in [-0.25, -0.2) is 0 Å². The standard InChI is InChI=1S/C25H33ClO4/c1-5-6-7-19-17(16-8-9-25(13-16,14(2)27)30-15(3)28)11-22(26)21-12-23(29)18-10-20(18)24(19,21)4/h11-12,16-20H,5-10,13H2,1-4H3/t16-,17+,18-,19+,20+,24+,25-/m1/s1. The fourth-order valence-corrected chi connectivity index (χ4v) is 7.27. The second-order valence-electron chi connectivity index (χ2n) is 10.2. The first-order valence-corrected chi connectivity index (χ1v) is 11.9. The summed E-state index contributed by atoms with van der Waals surface area (Å²) in [6.07, 6.45) is 10.3. The average Bonchev–Trinajstić information content (AvgIpc) is 3.39. The Morgan fingerprint density at radius 2 is 2.03 bits per heavy atom. The summed E-state index contributed by atoms with van der Waals surface area (Å²) in [5.41, 5.74) is -0.0536. The minimum absolute atomic E-state index is 0.0616. The van der Waals surface area contributed by atoms with Gasteiger partial charge in [0.1, 0.15) is 0 Å². The molecule has 0 bridgehead atoms.